The number of hydrogen-bond acceptors (Lipinski definition) is 6. The summed E-state index contributed by atoms with van der Waals surface area (Å²) < 4.78 is 40.9. The second kappa shape index (κ2) is 11.4. The van der Waals surface area contributed by atoms with Crippen LogP contribution in [0.3, 0.4) is 0 Å². The van der Waals surface area contributed by atoms with Crippen molar-refractivity contribution in [2.24, 2.45) is 5.92 Å². The van der Waals surface area contributed by atoms with Gasteiger partial charge in [-0.15, -0.1) is 13.2 Å². The Balaban J connectivity index is 1.73. The molecule has 0 aliphatic rings. The first kappa shape index (κ1) is 26.2. The van der Waals surface area contributed by atoms with Crippen LogP contribution in [0.25, 0.3) is 11.5 Å². The SMILES string of the molecule is Cc1nc(-c2ccccn2)nc(NC(CC(C)C)C(=O)NCc2ccc(OC(F)(F)F)cc2)c1Cl. The molecule has 0 aliphatic heterocycles. The summed E-state index contributed by atoms with van der Waals surface area (Å²) in [6.07, 6.45) is -2.64. The molecule has 1 aromatic carbocycles. The van der Waals surface area contributed by atoms with Gasteiger partial charge in [0.2, 0.25) is 5.91 Å². The summed E-state index contributed by atoms with van der Waals surface area (Å²) in [6.45, 7) is 5.82. The highest BCUT2D eigenvalue weighted by Crippen LogP contribution is 2.27. The molecule has 0 spiro atoms. The molecule has 2 heterocycles. The number of aromatic nitrogens is 3. The Morgan fingerprint density at radius 2 is 1.83 bits per heavy atom. The predicted octanol–water partition coefficient (Wildman–Crippen LogP) is 5.54. The highest BCUT2D eigenvalue weighted by Gasteiger charge is 2.31. The summed E-state index contributed by atoms with van der Waals surface area (Å²) in [6, 6.07) is 10.0. The lowest BCUT2D eigenvalue weighted by atomic mass is 10.0. The van der Waals surface area contributed by atoms with E-state index in [4.69, 9.17) is 11.6 Å². The third-order valence-electron chi connectivity index (χ3n) is 4.87. The van der Waals surface area contributed by atoms with Crippen molar-refractivity contribution >= 4 is 23.3 Å². The van der Waals surface area contributed by atoms with Crippen LogP contribution in [-0.4, -0.2) is 33.3 Å². The van der Waals surface area contributed by atoms with Crippen molar-refractivity contribution < 1.29 is 22.7 Å². The van der Waals surface area contributed by atoms with E-state index in [0.717, 1.165) is 0 Å². The molecular formula is C24H25ClF3N5O2. The molecule has 0 aliphatic carbocycles. The number of halogens is 4. The number of anilines is 1. The minimum absolute atomic E-state index is 0.122. The lowest BCUT2D eigenvalue weighted by Gasteiger charge is -2.22. The van der Waals surface area contributed by atoms with Crippen LogP contribution in [0.15, 0.2) is 48.7 Å². The number of nitrogens with one attached hydrogen (secondary N) is 2. The minimum atomic E-state index is -4.76. The second-order valence-electron chi connectivity index (χ2n) is 8.25. The molecule has 11 heteroatoms. The van der Waals surface area contributed by atoms with E-state index < -0.39 is 12.4 Å². The highest BCUT2D eigenvalue weighted by molar-refractivity contribution is 6.33. The van der Waals surface area contributed by atoms with Gasteiger partial charge in [0.25, 0.3) is 0 Å². The number of hydrogen-bond donors (Lipinski definition) is 2. The van der Waals surface area contributed by atoms with Crippen LogP contribution < -0.4 is 15.4 Å². The van der Waals surface area contributed by atoms with Gasteiger partial charge >= 0.3 is 6.36 Å². The van der Waals surface area contributed by atoms with Crippen molar-refractivity contribution in [3.05, 3.63) is 64.9 Å². The Labute approximate surface area is 206 Å². The average Bonchev–Trinajstić information content (AvgIpc) is 2.80. The van der Waals surface area contributed by atoms with E-state index >= 15 is 0 Å². The molecule has 0 saturated heterocycles. The highest BCUT2D eigenvalue weighted by atomic mass is 35.5. The number of benzene rings is 1. The summed E-state index contributed by atoms with van der Waals surface area (Å²) in [5, 5.41) is 6.24. The van der Waals surface area contributed by atoms with E-state index in [2.05, 4.69) is 30.3 Å². The molecular weight excluding hydrogens is 483 g/mol. The Morgan fingerprint density at radius 1 is 1.11 bits per heavy atom. The summed E-state index contributed by atoms with van der Waals surface area (Å²) in [7, 11) is 0. The van der Waals surface area contributed by atoms with Crippen molar-refractivity contribution in [3.8, 4) is 17.3 Å². The molecule has 3 rings (SSSR count). The van der Waals surface area contributed by atoms with Gasteiger partial charge in [-0.25, -0.2) is 9.97 Å². The molecule has 0 fully saturated rings. The van der Waals surface area contributed by atoms with Gasteiger partial charge in [0.05, 0.1) is 5.69 Å². The van der Waals surface area contributed by atoms with Crippen LogP contribution in [0.5, 0.6) is 5.75 Å². The summed E-state index contributed by atoms with van der Waals surface area (Å²) in [5.74, 6) is 0.230. The van der Waals surface area contributed by atoms with E-state index in [0.29, 0.717) is 40.0 Å². The van der Waals surface area contributed by atoms with Crippen LogP contribution in [0.2, 0.25) is 5.02 Å². The van der Waals surface area contributed by atoms with Gasteiger partial charge in [-0.3, -0.25) is 9.78 Å². The number of carbonyl (C=O) groups is 1. The first-order chi connectivity index (χ1) is 16.5. The maximum Gasteiger partial charge on any atom is 0.573 e. The van der Waals surface area contributed by atoms with Crippen LogP contribution >= 0.6 is 11.6 Å². The minimum Gasteiger partial charge on any atom is -0.406 e. The predicted molar refractivity (Wildman–Crippen MR) is 127 cm³/mol. The van der Waals surface area contributed by atoms with Crippen molar-refractivity contribution in [2.45, 2.75) is 46.1 Å². The van der Waals surface area contributed by atoms with Gasteiger partial charge in [-0.2, -0.15) is 0 Å². The summed E-state index contributed by atoms with van der Waals surface area (Å²) in [4.78, 5) is 26.2. The molecule has 7 nitrogen and oxygen atoms in total. The zero-order valence-corrected chi connectivity index (χ0v) is 20.1. The van der Waals surface area contributed by atoms with Crippen molar-refractivity contribution in [2.75, 3.05) is 5.32 Å². The maximum absolute atomic E-state index is 13.0. The van der Waals surface area contributed by atoms with Crippen molar-refractivity contribution in [1.82, 2.24) is 20.3 Å². The fourth-order valence-corrected chi connectivity index (χ4v) is 3.39. The molecule has 186 valence electrons. The zero-order valence-electron chi connectivity index (χ0n) is 19.4. The van der Waals surface area contributed by atoms with Crippen LogP contribution in [0, 0.1) is 12.8 Å². The van der Waals surface area contributed by atoms with Gasteiger partial charge in [0, 0.05) is 12.7 Å². The van der Waals surface area contributed by atoms with Crippen molar-refractivity contribution in [3.63, 3.8) is 0 Å². The fourth-order valence-electron chi connectivity index (χ4n) is 3.25. The molecule has 1 amide bonds. The zero-order chi connectivity index (χ0) is 25.6. The third-order valence-corrected chi connectivity index (χ3v) is 5.32. The lowest BCUT2D eigenvalue weighted by molar-refractivity contribution is -0.274. The average molecular weight is 508 g/mol. The Kier molecular flexibility index (Phi) is 8.50. The van der Waals surface area contributed by atoms with E-state index in [1.165, 1.54) is 24.3 Å². The fraction of sp³-hybridized carbons (Fsp3) is 0.333. The molecule has 1 atom stereocenters. The number of alkyl halides is 3. The molecule has 0 bridgehead atoms. The quantitative estimate of drug-likeness (QED) is 0.395. The molecule has 2 N–H and O–H groups in total. The van der Waals surface area contributed by atoms with Gasteiger partial charge in [0.1, 0.15) is 28.3 Å². The maximum atomic E-state index is 13.0. The number of aryl methyl sites for hydroxylation is 1. The Bertz CT molecular complexity index is 1140. The monoisotopic (exact) mass is 507 g/mol. The number of ether oxygens (including phenoxy) is 1. The molecule has 35 heavy (non-hydrogen) atoms. The third kappa shape index (κ3) is 7.81. The number of amides is 1. The molecule has 0 saturated carbocycles. The number of pyridine rings is 1. The van der Waals surface area contributed by atoms with E-state index in [-0.39, 0.29) is 24.1 Å². The number of carbonyl (C=O) groups excluding carboxylic acids is 1. The first-order valence-electron chi connectivity index (χ1n) is 10.9. The van der Waals surface area contributed by atoms with Crippen LogP contribution in [-0.2, 0) is 11.3 Å². The Hall–Kier alpha value is -3.40. The standard InChI is InChI=1S/C24H25ClF3N5O2/c1-14(2)12-19(23(34)30-13-16-7-9-17(10-8-16)35-24(26,27)28)32-22-20(25)15(3)31-21(33-22)18-6-4-5-11-29-18/h4-11,14,19H,12-13H2,1-3H3,(H,30,34)(H,31,32,33). The summed E-state index contributed by atoms with van der Waals surface area (Å²) in [5.41, 5.74) is 1.72. The van der Waals surface area contributed by atoms with Gasteiger partial charge in [0.15, 0.2) is 5.82 Å². The van der Waals surface area contributed by atoms with Crippen LogP contribution in [0.4, 0.5) is 19.0 Å². The van der Waals surface area contributed by atoms with Gasteiger partial charge in [-0.05, 0) is 49.1 Å². The molecule has 1 unspecified atom stereocenters. The van der Waals surface area contributed by atoms with Crippen LogP contribution in [0.1, 0.15) is 31.5 Å². The van der Waals surface area contributed by atoms with Crippen molar-refractivity contribution in [1.29, 1.82) is 0 Å². The smallest absolute Gasteiger partial charge is 0.406 e. The van der Waals surface area contributed by atoms with Gasteiger partial charge < -0.3 is 15.4 Å². The number of rotatable bonds is 9. The number of nitrogens with zero attached hydrogens (tertiary/aromatic N) is 3. The molecule has 0 radical (unpaired) electrons. The van der Waals surface area contributed by atoms with E-state index in [9.17, 15) is 18.0 Å². The molecule has 3 aromatic rings. The largest absolute Gasteiger partial charge is 0.573 e. The molecule has 2 aromatic heterocycles. The van der Waals surface area contributed by atoms with E-state index in [1.807, 2.05) is 19.9 Å². The lowest BCUT2D eigenvalue weighted by Crippen LogP contribution is -2.40. The Morgan fingerprint density at radius 3 is 2.43 bits per heavy atom. The topological polar surface area (TPSA) is 89.0 Å². The first-order valence-corrected chi connectivity index (χ1v) is 11.2. The van der Waals surface area contributed by atoms with E-state index in [1.54, 1.807) is 25.3 Å². The van der Waals surface area contributed by atoms with Gasteiger partial charge in [-0.1, -0.05) is 43.6 Å². The normalized spacial score (nSPS) is 12.3. The summed E-state index contributed by atoms with van der Waals surface area (Å²) >= 11 is 6.44. The second-order valence-corrected chi connectivity index (χ2v) is 8.62.